The van der Waals surface area contributed by atoms with Crippen LogP contribution in [0, 0.1) is 5.82 Å². The van der Waals surface area contributed by atoms with E-state index in [2.05, 4.69) is 5.32 Å². The van der Waals surface area contributed by atoms with E-state index >= 15 is 0 Å². The number of carbonyl (C=O) groups is 2. The highest BCUT2D eigenvalue weighted by molar-refractivity contribution is 6.35. The molecule has 1 N–H and O–H groups in total. The summed E-state index contributed by atoms with van der Waals surface area (Å²) in [5.41, 5.74) is 3.00. The zero-order valence-corrected chi connectivity index (χ0v) is 19.3. The lowest BCUT2D eigenvalue weighted by molar-refractivity contribution is -0.123. The third-order valence-electron chi connectivity index (χ3n) is 5.72. The Kier molecular flexibility index (Phi) is 5.86. The molecule has 0 spiro atoms. The van der Waals surface area contributed by atoms with E-state index in [-0.39, 0.29) is 17.8 Å². The van der Waals surface area contributed by atoms with E-state index in [4.69, 9.17) is 23.2 Å². The monoisotopic (exact) mass is 493 g/mol. The lowest BCUT2D eigenvalue weighted by atomic mass is 10.1. The van der Waals surface area contributed by atoms with Crippen molar-refractivity contribution in [1.82, 2.24) is 14.8 Å². The van der Waals surface area contributed by atoms with Crippen LogP contribution in [0.3, 0.4) is 0 Å². The predicted molar refractivity (Wildman–Crippen MR) is 131 cm³/mol. The summed E-state index contributed by atoms with van der Waals surface area (Å²) in [4.78, 5) is 26.4. The van der Waals surface area contributed by atoms with Gasteiger partial charge in [0.15, 0.2) is 0 Å². The molecule has 1 fully saturated rings. The van der Waals surface area contributed by atoms with Gasteiger partial charge in [-0.2, -0.15) is 0 Å². The summed E-state index contributed by atoms with van der Waals surface area (Å²) in [6.07, 6.45) is 3.55. The van der Waals surface area contributed by atoms with Gasteiger partial charge >= 0.3 is 6.03 Å². The second-order valence-corrected chi connectivity index (χ2v) is 8.78. The number of aromatic nitrogens is 1. The molecule has 0 unspecified atom stereocenters. The van der Waals surface area contributed by atoms with Gasteiger partial charge in [-0.1, -0.05) is 65.7 Å². The van der Waals surface area contributed by atoms with Crippen molar-refractivity contribution in [2.45, 2.75) is 13.1 Å². The second kappa shape index (κ2) is 8.97. The SMILES string of the molecule is O=C1N/C(=C/c2cn(Cc3ccc(Cl)cc3Cl)c3ccccc23)C(=O)N1Cc1ccccc1F. The maximum Gasteiger partial charge on any atom is 0.329 e. The number of imide groups is 1. The first-order valence-corrected chi connectivity index (χ1v) is 11.3. The minimum absolute atomic E-state index is 0.133. The fourth-order valence-corrected chi connectivity index (χ4v) is 4.49. The highest BCUT2D eigenvalue weighted by atomic mass is 35.5. The van der Waals surface area contributed by atoms with Crippen molar-refractivity contribution >= 4 is 52.1 Å². The zero-order valence-electron chi connectivity index (χ0n) is 17.8. The summed E-state index contributed by atoms with van der Waals surface area (Å²) in [6, 6.07) is 18.6. The molecule has 0 bridgehead atoms. The van der Waals surface area contributed by atoms with Crippen LogP contribution in [-0.2, 0) is 17.9 Å². The smallest absolute Gasteiger partial charge is 0.329 e. The van der Waals surface area contributed by atoms with Crippen LogP contribution < -0.4 is 5.32 Å². The summed E-state index contributed by atoms with van der Waals surface area (Å²) in [6.45, 7) is 0.352. The third kappa shape index (κ3) is 4.18. The average Bonchev–Trinajstić information content (AvgIpc) is 3.29. The number of para-hydroxylation sites is 1. The van der Waals surface area contributed by atoms with E-state index in [1.165, 1.54) is 6.07 Å². The molecule has 1 aliphatic heterocycles. The van der Waals surface area contributed by atoms with Crippen LogP contribution in [-0.4, -0.2) is 21.4 Å². The first-order valence-electron chi connectivity index (χ1n) is 10.5. The Morgan fingerprint density at radius 1 is 0.912 bits per heavy atom. The van der Waals surface area contributed by atoms with Gasteiger partial charge in [0.25, 0.3) is 5.91 Å². The number of fused-ring (bicyclic) bond motifs is 1. The third-order valence-corrected chi connectivity index (χ3v) is 6.31. The molecule has 4 aromatic rings. The van der Waals surface area contributed by atoms with Crippen molar-refractivity contribution in [3.05, 3.63) is 111 Å². The van der Waals surface area contributed by atoms with Crippen molar-refractivity contribution in [2.75, 3.05) is 0 Å². The number of nitrogens with zero attached hydrogens (tertiary/aromatic N) is 2. The number of rotatable bonds is 5. The van der Waals surface area contributed by atoms with Crippen molar-refractivity contribution in [2.24, 2.45) is 0 Å². The van der Waals surface area contributed by atoms with Crippen LogP contribution in [0.5, 0.6) is 0 Å². The Bertz CT molecular complexity index is 1480. The molecule has 2 heterocycles. The quantitative estimate of drug-likeness (QED) is 0.264. The first-order chi connectivity index (χ1) is 16.4. The highest BCUT2D eigenvalue weighted by Crippen LogP contribution is 2.28. The fraction of sp³-hybridized carbons (Fsp3) is 0.0769. The van der Waals surface area contributed by atoms with Crippen LogP contribution in [0.1, 0.15) is 16.7 Å². The molecular weight excluding hydrogens is 476 g/mol. The van der Waals surface area contributed by atoms with Gasteiger partial charge < -0.3 is 9.88 Å². The summed E-state index contributed by atoms with van der Waals surface area (Å²) in [5, 5.41) is 4.65. The molecule has 170 valence electrons. The molecule has 0 aliphatic carbocycles. The van der Waals surface area contributed by atoms with Crippen molar-refractivity contribution in [1.29, 1.82) is 0 Å². The van der Waals surface area contributed by atoms with Crippen LogP contribution in [0.15, 0.2) is 78.6 Å². The highest BCUT2D eigenvalue weighted by Gasteiger charge is 2.34. The Balaban J connectivity index is 1.48. The second-order valence-electron chi connectivity index (χ2n) is 7.94. The maximum absolute atomic E-state index is 14.0. The minimum Gasteiger partial charge on any atom is -0.342 e. The first kappa shape index (κ1) is 22.2. The molecular formula is C26H18Cl2FN3O2. The average molecular weight is 494 g/mol. The molecule has 5 nitrogen and oxygen atoms in total. The van der Waals surface area contributed by atoms with Gasteiger partial charge in [-0.05, 0) is 35.9 Å². The van der Waals surface area contributed by atoms with Gasteiger partial charge in [0.2, 0.25) is 0 Å². The fourth-order valence-electron chi connectivity index (χ4n) is 4.02. The number of amides is 3. The Morgan fingerprint density at radius 3 is 2.47 bits per heavy atom. The largest absolute Gasteiger partial charge is 0.342 e. The number of hydrogen-bond acceptors (Lipinski definition) is 2. The molecule has 1 aromatic heterocycles. The Labute approximate surface area is 205 Å². The number of halogens is 3. The van der Waals surface area contributed by atoms with E-state index in [0.29, 0.717) is 16.6 Å². The van der Waals surface area contributed by atoms with Crippen LogP contribution in [0.25, 0.3) is 17.0 Å². The van der Waals surface area contributed by atoms with Gasteiger partial charge in [0, 0.05) is 44.8 Å². The zero-order chi connectivity index (χ0) is 23.8. The van der Waals surface area contributed by atoms with Crippen molar-refractivity contribution < 1.29 is 14.0 Å². The number of carbonyl (C=O) groups excluding carboxylic acids is 2. The van der Waals surface area contributed by atoms with Gasteiger partial charge in [-0.3, -0.25) is 9.69 Å². The number of urea groups is 1. The number of hydrogen-bond donors (Lipinski definition) is 1. The van der Waals surface area contributed by atoms with E-state index in [0.717, 1.165) is 26.9 Å². The van der Waals surface area contributed by atoms with Gasteiger partial charge in [-0.15, -0.1) is 0 Å². The Morgan fingerprint density at radius 2 is 1.68 bits per heavy atom. The maximum atomic E-state index is 14.0. The number of benzene rings is 3. The molecule has 1 saturated heterocycles. The molecule has 0 saturated carbocycles. The number of nitrogens with one attached hydrogen (secondary N) is 1. The van der Waals surface area contributed by atoms with Crippen molar-refractivity contribution in [3.8, 4) is 0 Å². The van der Waals surface area contributed by atoms with Gasteiger partial charge in [0.1, 0.15) is 11.5 Å². The van der Waals surface area contributed by atoms with E-state index < -0.39 is 17.8 Å². The molecule has 1 aliphatic rings. The summed E-state index contributed by atoms with van der Waals surface area (Å²) >= 11 is 12.4. The predicted octanol–water partition coefficient (Wildman–Crippen LogP) is 6.23. The Hall–Kier alpha value is -3.61. The molecule has 0 atom stereocenters. The molecule has 34 heavy (non-hydrogen) atoms. The topological polar surface area (TPSA) is 54.3 Å². The summed E-state index contributed by atoms with van der Waals surface area (Å²) in [7, 11) is 0. The minimum atomic E-state index is -0.587. The lowest BCUT2D eigenvalue weighted by Crippen LogP contribution is -2.30. The van der Waals surface area contributed by atoms with Gasteiger partial charge in [0.05, 0.1) is 6.54 Å². The van der Waals surface area contributed by atoms with E-state index in [1.807, 2.05) is 41.1 Å². The van der Waals surface area contributed by atoms with E-state index in [9.17, 15) is 14.0 Å². The van der Waals surface area contributed by atoms with Crippen LogP contribution in [0.4, 0.5) is 9.18 Å². The lowest BCUT2D eigenvalue weighted by Gasteiger charge is -2.12. The van der Waals surface area contributed by atoms with Crippen LogP contribution in [0.2, 0.25) is 10.0 Å². The molecule has 0 radical (unpaired) electrons. The molecule has 8 heteroatoms. The normalized spacial score (nSPS) is 14.9. The standard InChI is InChI=1S/C26H18Cl2FN3O2/c27-19-10-9-16(21(28)12-19)13-31-14-18(20-6-2-4-8-24(20)31)11-23-25(33)32(26(34)30-23)15-17-5-1-3-7-22(17)29/h1-12,14H,13,15H2,(H,30,34)/b23-11+. The summed E-state index contributed by atoms with van der Waals surface area (Å²) in [5.74, 6) is -0.977. The molecule has 5 rings (SSSR count). The van der Waals surface area contributed by atoms with Gasteiger partial charge in [-0.25, -0.2) is 9.18 Å². The summed E-state index contributed by atoms with van der Waals surface area (Å²) < 4.78 is 16.1. The molecule has 3 amide bonds. The van der Waals surface area contributed by atoms with Crippen LogP contribution >= 0.6 is 23.2 Å². The molecule has 3 aromatic carbocycles. The van der Waals surface area contributed by atoms with E-state index in [1.54, 1.807) is 36.4 Å². The van der Waals surface area contributed by atoms with Crippen molar-refractivity contribution in [3.63, 3.8) is 0 Å².